The number of para-hydroxylation sites is 2. The molecule has 0 aliphatic rings. The Morgan fingerprint density at radius 2 is 1.65 bits per heavy atom. The molecule has 0 atom stereocenters. The molecule has 0 fully saturated rings. The summed E-state index contributed by atoms with van der Waals surface area (Å²) in [6, 6.07) is 12.2. The van der Waals surface area contributed by atoms with E-state index in [1.165, 1.54) is 21.9 Å². The third-order valence-corrected chi connectivity index (χ3v) is 3.33. The molecule has 0 N–H and O–H groups in total. The molecule has 0 saturated heterocycles. The predicted molar refractivity (Wildman–Crippen MR) is 71.4 cm³/mol. The number of aryl methyl sites for hydroxylation is 2. The van der Waals surface area contributed by atoms with Gasteiger partial charge < -0.3 is 4.57 Å². The monoisotopic (exact) mass is 220 g/mol. The summed E-state index contributed by atoms with van der Waals surface area (Å²) in [6.07, 6.45) is 0. The summed E-state index contributed by atoms with van der Waals surface area (Å²) in [5.41, 5.74) is 4.23. The van der Waals surface area contributed by atoms with E-state index < -0.39 is 0 Å². The SMILES string of the molecule is [C-]#[N+]c1cccc2c3cccc(C)c3n(C)c12. The van der Waals surface area contributed by atoms with Crippen molar-refractivity contribution in [2.75, 3.05) is 0 Å². The van der Waals surface area contributed by atoms with E-state index in [1.807, 2.05) is 19.2 Å². The van der Waals surface area contributed by atoms with E-state index in [2.05, 4.69) is 40.6 Å². The standard InChI is InChI=1S/C15H12N2/c1-10-6-4-7-11-12-8-5-9-13(16-2)15(12)17(3)14(10)11/h4-9H,1,3H3. The molecule has 1 heterocycles. The van der Waals surface area contributed by atoms with E-state index in [0.717, 1.165) is 11.2 Å². The van der Waals surface area contributed by atoms with Crippen LogP contribution in [0.2, 0.25) is 0 Å². The van der Waals surface area contributed by atoms with E-state index in [0.29, 0.717) is 0 Å². The third kappa shape index (κ3) is 1.20. The molecule has 1 aromatic heterocycles. The first-order chi connectivity index (χ1) is 8.24. The molecule has 0 aliphatic heterocycles. The van der Waals surface area contributed by atoms with E-state index in [-0.39, 0.29) is 0 Å². The number of hydrogen-bond donors (Lipinski definition) is 0. The Morgan fingerprint density at radius 3 is 2.35 bits per heavy atom. The Kier molecular flexibility index (Phi) is 1.96. The highest BCUT2D eigenvalue weighted by Gasteiger charge is 2.12. The van der Waals surface area contributed by atoms with Crippen molar-refractivity contribution in [1.82, 2.24) is 4.57 Å². The summed E-state index contributed by atoms with van der Waals surface area (Å²) in [7, 11) is 2.03. The van der Waals surface area contributed by atoms with Crippen LogP contribution in [-0.2, 0) is 7.05 Å². The largest absolute Gasteiger partial charge is 0.353 e. The van der Waals surface area contributed by atoms with Crippen molar-refractivity contribution >= 4 is 27.5 Å². The van der Waals surface area contributed by atoms with E-state index in [4.69, 9.17) is 6.57 Å². The molecule has 3 aromatic rings. The maximum absolute atomic E-state index is 7.26. The molecule has 17 heavy (non-hydrogen) atoms. The second kappa shape index (κ2) is 3.36. The fraction of sp³-hybridized carbons (Fsp3) is 0.133. The van der Waals surface area contributed by atoms with Crippen LogP contribution >= 0.6 is 0 Å². The van der Waals surface area contributed by atoms with Gasteiger partial charge in [-0.2, -0.15) is 0 Å². The maximum Gasteiger partial charge on any atom is 0.210 e. The second-order valence-corrected chi connectivity index (χ2v) is 4.32. The van der Waals surface area contributed by atoms with Crippen molar-refractivity contribution in [3.63, 3.8) is 0 Å². The second-order valence-electron chi connectivity index (χ2n) is 4.32. The lowest BCUT2D eigenvalue weighted by Crippen LogP contribution is -1.88. The Hall–Kier alpha value is -2.27. The molecular formula is C15H12N2. The average Bonchev–Trinajstić information content (AvgIpc) is 2.65. The molecule has 0 bridgehead atoms. The molecule has 2 heteroatoms. The van der Waals surface area contributed by atoms with Crippen LogP contribution in [0.5, 0.6) is 0 Å². The summed E-state index contributed by atoms with van der Waals surface area (Å²) >= 11 is 0. The van der Waals surface area contributed by atoms with Gasteiger partial charge in [0.25, 0.3) is 0 Å². The van der Waals surface area contributed by atoms with Crippen molar-refractivity contribution in [3.05, 3.63) is 53.4 Å². The topological polar surface area (TPSA) is 9.29 Å². The summed E-state index contributed by atoms with van der Waals surface area (Å²) in [6.45, 7) is 9.37. The van der Waals surface area contributed by atoms with E-state index in [9.17, 15) is 0 Å². The summed E-state index contributed by atoms with van der Waals surface area (Å²) in [5, 5.41) is 2.40. The Balaban J connectivity index is 2.69. The van der Waals surface area contributed by atoms with Gasteiger partial charge in [-0.1, -0.05) is 36.4 Å². The first kappa shape index (κ1) is 9.92. The summed E-state index contributed by atoms with van der Waals surface area (Å²) in [4.78, 5) is 3.61. The van der Waals surface area contributed by atoms with Gasteiger partial charge in [0.2, 0.25) is 5.69 Å². The van der Waals surface area contributed by atoms with Crippen molar-refractivity contribution in [3.8, 4) is 0 Å². The van der Waals surface area contributed by atoms with Crippen molar-refractivity contribution < 1.29 is 0 Å². The van der Waals surface area contributed by atoms with Crippen LogP contribution < -0.4 is 0 Å². The van der Waals surface area contributed by atoms with Crippen LogP contribution in [-0.4, -0.2) is 4.57 Å². The van der Waals surface area contributed by atoms with Gasteiger partial charge in [-0.05, 0) is 17.9 Å². The zero-order valence-electron chi connectivity index (χ0n) is 9.86. The summed E-state index contributed by atoms with van der Waals surface area (Å²) in [5.74, 6) is 0. The minimum atomic E-state index is 0.723. The number of aromatic nitrogens is 1. The van der Waals surface area contributed by atoms with Crippen LogP contribution in [0.3, 0.4) is 0 Å². The van der Waals surface area contributed by atoms with Gasteiger partial charge in [0.1, 0.15) is 0 Å². The zero-order chi connectivity index (χ0) is 12.0. The lowest BCUT2D eigenvalue weighted by molar-refractivity contribution is 1.01. The molecule has 0 aliphatic carbocycles. The predicted octanol–water partition coefficient (Wildman–Crippen LogP) is 4.19. The Bertz CT molecular complexity index is 773. The Labute approximate surface area is 99.9 Å². The molecule has 82 valence electrons. The van der Waals surface area contributed by atoms with Crippen LogP contribution in [0.25, 0.3) is 26.7 Å². The van der Waals surface area contributed by atoms with Crippen LogP contribution in [0.15, 0.2) is 36.4 Å². The van der Waals surface area contributed by atoms with Crippen molar-refractivity contribution in [2.24, 2.45) is 7.05 Å². The highest BCUT2D eigenvalue weighted by Crippen LogP contribution is 2.35. The quantitative estimate of drug-likeness (QED) is 0.502. The molecule has 2 nitrogen and oxygen atoms in total. The number of nitrogens with zero attached hydrogens (tertiary/aromatic N) is 2. The minimum absolute atomic E-state index is 0.723. The van der Waals surface area contributed by atoms with Crippen LogP contribution in [0.4, 0.5) is 5.69 Å². The molecule has 0 radical (unpaired) electrons. The lowest BCUT2D eigenvalue weighted by Gasteiger charge is -2.01. The molecule has 0 spiro atoms. The first-order valence-electron chi connectivity index (χ1n) is 5.58. The van der Waals surface area contributed by atoms with Crippen molar-refractivity contribution in [2.45, 2.75) is 6.92 Å². The van der Waals surface area contributed by atoms with Gasteiger partial charge in [0, 0.05) is 12.4 Å². The highest BCUT2D eigenvalue weighted by molar-refractivity contribution is 6.12. The normalized spacial score (nSPS) is 10.9. The van der Waals surface area contributed by atoms with E-state index >= 15 is 0 Å². The van der Waals surface area contributed by atoms with Gasteiger partial charge in [-0.25, -0.2) is 4.85 Å². The fourth-order valence-electron chi connectivity index (χ4n) is 2.62. The van der Waals surface area contributed by atoms with Gasteiger partial charge in [0.05, 0.1) is 17.6 Å². The van der Waals surface area contributed by atoms with Gasteiger partial charge in [-0.3, -0.25) is 0 Å². The average molecular weight is 220 g/mol. The summed E-state index contributed by atoms with van der Waals surface area (Å²) < 4.78 is 2.13. The number of benzene rings is 2. The minimum Gasteiger partial charge on any atom is -0.353 e. The zero-order valence-corrected chi connectivity index (χ0v) is 9.86. The molecular weight excluding hydrogens is 208 g/mol. The van der Waals surface area contributed by atoms with Gasteiger partial charge >= 0.3 is 0 Å². The van der Waals surface area contributed by atoms with Crippen molar-refractivity contribution in [1.29, 1.82) is 0 Å². The van der Waals surface area contributed by atoms with Crippen LogP contribution in [0, 0.1) is 13.5 Å². The molecule has 0 saturated carbocycles. The highest BCUT2D eigenvalue weighted by atomic mass is 15.0. The number of fused-ring (bicyclic) bond motifs is 3. The number of rotatable bonds is 0. The fourth-order valence-corrected chi connectivity index (χ4v) is 2.62. The van der Waals surface area contributed by atoms with E-state index in [1.54, 1.807) is 0 Å². The van der Waals surface area contributed by atoms with Crippen LogP contribution in [0.1, 0.15) is 5.56 Å². The molecule has 0 amide bonds. The lowest BCUT2D eigenvalue weighted by atomic mass is 10.1. The smallest absolute Gasteiger partial charge is 0.210 e. The first-order valence-corrected chi connectivity index (χ1v) is 5.58. The van der Waals surface area contributed by atoms with Gasteiger partial charge in [-0.15, -0.1) is 0 Å². The van der Waals surface area contributed by atoms with Gasteiger partial charge in [0.15, 0.2) is 0 Å². The molecule has 3 rings (SSSR count). The third-order valence-electron chi connectivity index (χ3n) is 3.33. The molecule has 0 unspecified atom stereocenters. The molecule has 2 aromatic carbocycles. The maximum atomic E-state index is 7.26. The Morgan fingerprint density at radius 1 is 1.00 bits per heavy atom. The number of hydrogen-bond acceptors (Lipinski definition) is 0.